The Morgan fingerprint density at radius 1 is 1.29 bits per heavy atom. The monoisotopic (exact) mass is 236 g/mol. The number of ether oxygens (including phenoxy) is 2. The molecule has 0 aliphatic rings. The van der Waals surface area contributed by atoms with Gasteiger partial charge in [-0.1, -0.05) is 13.8 Å². The summed E-state index contributed by atoms with van der Waals surface area (Å²) in [6, 6.07) is 5.64. The van der Waals surface area contributed by atoms with Crippen molar-refractivity contribution in [2.75, 3.05) is 20.8 Å². The quantitative estimate of drug-likeness (QED) is 0.854. The van der Waals surface area contributed by atoms with Crippen molar-refractivity contribution < 1.29 is 14.6 Å². The van der Waals surface area contributed by atoms with E-state index in [1.54, 1.807) is 14.2 Å². The van der Waals surface area contributed by atoms with E-state index in [2.05, 4.69) is 13.8 Å². The van der Waals surface area contributed by atoms with Gasteiger partial charge in [-0.2, -0.15) is 0 Å². The Kier molecular flexibility index (Phi) is 5.04. The van der Waals surface area contributed by atoms with Crippen LogP contribution in [0, 0.1) is 5.92 Å². The molecule has 3 heteroatoms. The molecule has 0 spiro atoms. The molecule has 1 aromatic carbocycles. The summed E-state index contributed by atoms with van der Waals surface area (Å²) in [7, 11) is 3.25. The molecule has 0 saturated carbocycles. The normalized spacial score (nSPS) is 11.8. The third-order valence-corrected chi connectivity index (χ3v) is 2.71. The van der Waals surface area contributed by atoms with E-state index >= 15 is 0 Å². The van der Waals surface area contributed by atoms with E-state index < -0.39 is 0 Å². The lowest BCUT2D eigenvalue weighted by Gasteiger charge is -2.11. The first-order valence-electron chi connectivity index (χ1n) is 5.65. The van der Waals surface area contributed by atoms with Crippen LogP contribution in [0.5, 0.6) is 11.5 Å². The van der Waals surface area contributed by atoms with Crippen LogP contribution in [0.15, 0.2) is 23.8 Å². The maximum atomic E-state index is 9.29. The molecule has 0 radical (unpaired) electrons. The van der Waals surface area contributed by atoms with Crippen LogP contribution in [-0.4, -0.2) is 25.9 Å². The molecule has 0 aromatic heterocycles. The molecule has 0 aliphatic carbocycles. The van der Waals surface area contributed by atoms with Crippen molar-refractivity contribution in [1.29, 1.82) is 0 Å². The smallest absolute Gasteiger partial charge is 0.129 e. The number of hydrogen-bond acceptors (Lipinski definition) is 3. The van der Waals surface area contributed by atoms with Gasteiger partial charge in [-0.05, 0) is 29.7 Å². The highest BCUT2D eigenvalue weighted by molar-refractivity contribution is 5.61. The van der Waals surface area contributed by atoms with Crippen molar-refractivity contribution in [3.05, 3.63) is 29.3 Å². The van der Waals surface area contributed by atoms with E-state index in [4.69, 9.17) is 9.47 Å². The predicted octanol–water partition coefficient (Wildman–Crippen LogP) is 2.74. The van der Waals surface area contributed by atoms with Gasteiger partial charge in [0.2, 0.25) is 0 Å². The van der Waals surface area contributed by atoms with Crippen LogP contribution in [0.4, 0.5) is 0 Å². The van der Waals surface area contributed by atoms with E-state index in [1.165, 1.54) is 0 Å². The fourth-order valence-electron chi connectivity index (χ4n) is 1.53. The zero-order valence-corrected chi connectivity index (χ0v) is 10.9. The number of methoxy groups -OCH3 is 2. The molecule has 0 unspecified atom stereocenters. The van der Waals surface area contributed by atoms with Crippen LogP contribution in [0.3, 0.4) is 0 Å². The van der Waals surface area contributed by atoms with Crippen LogP contribution >= 0.6 is 0 Å². The minimum atomic E-state index is 0.0624. The van der Waals surface area contributed by atoms with Gasteiger partial charge in [0, 0.05) is 11.6 Å². The van der Waals surface area contributed by atoms with E-state index in [0.717, 1.165) is 22.6 Å². The molecule has 0 fully saturated rings. The van der Waals surface area contributed by atoms with Gasteiger partial charge in [0.15, 0.2) is 0 Å². The highest BCUT2D eigenvalue weighted by Crippen LogP contribution is 2.27. The lowest BCUT2D eigenvalue weighted by atomic mass is 10.0. The number of benzene rings is 1. The molecule has 0 heterocycles. The van der Waals surface area contributed by atoms with Gasteiger partial charge in [0.1, 0.15) is 11.5 Å². The average molecular weight is 236 g/mol. The zero-order valence-electron chi connectivity index (χ0n) is 10.9. The minimum absolute atomic E-state index is 0.0624. The number of hydrogen-bond donors (Lipinski definition) is 1. The second-order valence-corrected chi connectivity index (χ2v) is 4.14. The topological polar surface area (TPSA) is 38.7 Å². The van der Waals surface area contributed by atoms with Crippen LogP contribution in [0.1, 0.15) is 19.4 Å². The number of aliphatic hydroxyl groups excluding tert-OH is 1. The minimum Gasteiger partial charge on any atom is -0.497 e. The maximum absolute atomic E-state index is 9.29. The molecule has 0 atom stereocenters. The van der Waals surface area contributed by atoms with Crippen molar-refractivity contribution in [1.82, 2.24) is 0 Å². The van der Waals surface area contributed by atoms with Crippen molar-refractivity contribution in [2.24, 2.45) is 5.92 Å². The van der Waals surface area contributed by atoms with Crippen molar-refractivity contribution >= 4 is 6.08 Å². The summed E-state index contributed by atoms with van der Waals surface area (Å²) < 4.78 is 10.4. The number of rotatable bonds is 5. The Morgan fingerprint density at radius 2 is 2.00 bits per heavy atom. The van der Waals surface area contributed by atoms with Crippen LogP contribution in [-0.2, 0) is 0 Å². The molecule has 0 amide bonds. The van der Waals surface area contributed by atoms with Gasteiger partial charge in [0.25, 0.3) is 0 Å². The standard InChI is InChI=1S/C14H20O3/c1-10(2)12(9-15)7-11-5-6-13(16-3)8-14(11)17-4/h5-8,10,15H,9H2,1-4H3. The van der Waals surface area contributed by atoms with E-state index in [0.29, 0.717) is 5.92 Å². The Morgan fingerprint density at radius 3 is 2.47 bits per heavy atom. The SMILES string of the molecule is COc1ccc(C=C(CO)C(C)C)c(OC)c1. The molecule has 0 aliphatic heterocycles. The molecule has 1 N–H and O–H groups in total. The molecule has 1 aromatic rings. The van der Waals surface area contributed by atoms with Crippen LogP contribution in [0.25, 0.3) is 6.08 Å². The Bertz CT molecular complexity index is 394. The molecule has 0 saturated heterocycles. The summed E-state index contributed by atoms with van der Waals surface area (Å²) in [5.74, 6) is 1.82. The summed E-state index contributed by atoms with van der Waals surface area (Å²) in [5, 5.41) is 9.29. The highest BCUT2D eigenvalue weighted by Gasteiger charge is 2.06. The van der Waals surface area contributed by atoms with Gasteiger partial charge in [0.05, 0.1) is 20.8 Å². The molecule has 94 valence electrons. The van der Waals surface area contributed by atoms with Gasteiger partial charge < -0.3 is 14.6 Å². The van der Waals surface area contributed by atoms with E-state index in [1.807, 2.05) is 24.3 Å². The van der Waals surface area contributed by atoms with Crippen LogP contribution in [0.2, 0.25) is 0 Å². The summed E-state index contributed by atoms with van der Waals surface area (Å²) in [5.41, 5.74) is 1.93. The largest absolute Gasteiger partial charge is 0.497 e. The summed E-state index contributed by atoms with van der Waals surface area (Å²) in [6.07, 6.45) is 1.96. The Balaban J connectivity index is 3.13. The van der Waals surface area contributed by atoms with E-state index in [-0.39, 0.29) is 6.61 Å². The van der Waals surface area contributed by atoms with Gasteiger partial charge >= 0.3 is 0 Å². The first-order valence-corrected chi connectivity index (χ1v) is 5.65. The zero-order chi connectivity index (χ0) is 12.8. The van der Waals surface area contributed by atoms with Gasteiger partial charge in [-0.15, -0.1) is 0 Å². The molecule has 3 nitrogen and oxygen atoms in total. The van der Waals surface area contributed by atoms with Crippen LogP contribution < -0.4 is 9.47 Å². The summed E-state index contributed by atoms with van der Waals surface area (Å²) in [6.45, 7) is 4.17. The first-order chi connectivity index (χ1) is 8.12. The highest BCUT2D eigenvalue weighted by atomic mass is 16.5. The second kappa shape index (κ2) is 6.30. The average Bonchev–Trinajstić information content (AvgIpc) is 2.35. The molecule has 17 heavy (non-hydrogen) atoms. The summed E-state index contributed by atoms with van der Waals surface area (Å²) >= 11 is 0. The van der Waals surface area contributed by atoms with E-state index in [9.17, 15) is 5.11 Å². The van der Waals surface area contributed by atoms with Gasteiger partial charge in [-0.3, -0.25) is 0 Å². The Hall–Kier alpha value is -1.48. The second-order valence-electron chi connectivity index (χ2n) is 4.14. The Labute approximate surface area is 103 Å². The lowest BCUT2D eigenvalue weighted by Crippen LogP contribution is -1.99. The fourth-order valence-corrected chi connectivity index (χ4v) is 1.53. The number of aliphatic hydroxyl groups is 1. The van der Waals surface area contributed by atoms with Gasteiger partial charge in [-0.25, -0.2) is 0 Å². The van der Waals surface area contributed by atoms with Crippen molar-refractivity contribution in [3.63, 3.8) is 0 Å². The maximum Gasteiger partial charge on any atom is 0.129 e. The first kappa shape index (κ1) is 13.6. The third-order valence-electron chi connectivity index (χ3n) is 2.71. The predicted molar refractivity (Wildman–Crippen MR) is 69.4 cm³/mol. The molecule has 1 rings (SSSR count). The third kappa shape index (κ3) is 3.49. The fraction of sp³-hybridized carbons (Fsp3) is 0.429. The lowest BCUT2D eigenvalue weighted by molar-refractivity contribution is 0.320. The summed E-state index contributed by atoms with van der Waals surface area (Å²) in [4.78, 5) is 0. The van der Waals surface area contributed by atoms with Crippen molar-refractivity contribution in [2.45, 2.75) is 13.8 Å². The molecular weight excluding hydrogens is 216 g/mol. The molecule has 0 bridgehead atoms. The molecular formula is C14H20O3. The van der Waals surface area contributed by atoms with Crippen molar-refractivity contribution in [3.8, 4) is 11.5 Å².